The van der Waals surface area contributed by atoms with Gasteiger partial charge in [-0.3, -0.25) is 5.32 Å². The molecule has 7 rings (SSSR count). The van der Waals surface area contributed by atoms with Gasteiger partial charge in [0.25, 0.3) is 5.89 Å². The number of carbonyl (C=O) groups excluding carboxylic acids is 1. The molecule has 1 N–H and O–H groups in total. The molecule has 3 aliphatic rings. The molecule has 202 valence electrons. The summed E-state index contributed by atoms with van der Waals surface area (Å²) in [5.74, 6) is 3.11. The van der Waals surface area contributed by atoms with Crippen LogP contribution in [0, 0.1) is 5.92 Å². The van der Waals surface area contributed by atoms with Crippen molar-refractivity contribution in [1.29, 1.82) is 0 Å². The fraction of sp³-hybridized carbons (Fsp3) is 0.452. The zero-order chi connectivity index (χ0) is 26.5. The summed E-state index contributed by atoms with van der Waals surface area (Å²) in [5, 5.41) is 8.30. The first-order valence-electron chi connectivity index (χ1n) is 14.3. The highest BCUT2D eigenvalue weighted by molar-refractivity contribution is 6.03. The molecule has 4 aromatic rings. The quantitative estimate of drug-likeness (QED) is 0.240. The molecule has 3 aliphatic carbocycles. The summed E-state index contributed by atoms with van der Waals surface area (Å²) in [4.78, 5) is 17.3. The summed E-state index contributed by atoms with van der Waals surface area (Å²) >= 11 is 0. The minimum atomic E-state index is -0.409. The van der Waals surface area contributed by atoms with E-state index in [4.69, 9.17) is 19.0 Å². The maximum absolute atomic E-state index is 12.4. The van der Waals surface area contributed by atoms with Gasteiger partial charge in [-0.1, -0.05) is 17.3 Å². The highest BCUT2D eigenvalue weighted by Gasteiger charge is 2.33. The summed E-state index contributed by atoms with van der Waals surface area (Å²) in [6.07, 6.45) is 7.49. The Hall–Kier alpha value is -3.81. The molecule has 0 aliphatic heterocycles. The Kier molecular flexibility index (Phi) is 6.05. The molecule has 0 spiro atoms. The topological polar surface area (TPSA) is 91.4 Å². The molecule has 3 saturated carbocycles. The van der Waals surface area contributed by atoms with E-state index >= 15 is 0 Å². The number of benzene rings is 2. The summed E-state index contributed by atoms with van der Waals surface area (Å²) in [6, 6.07) is 14.6. The van der Waals surface area contributed by atoms with Crippen molar-refractivity contribution in [3.63, 3.8) is 0 Å². The van der Waals surface area contributed by atoms with E-state index < -0.39 is 6.09 Å². The SMILES string of the molecule is CCOc1ccc2c(-c3nc(C4CC4)no3)c(-c3ccc(NC(=O)OC(C)C4CC4)cc3)n(C3CCC3)c2c1. The van der Waals surface area contributed by atoms with Crippen LogP contribution in [0.15, 0.2) is 47.0 Å². The molecule has 2 heterocycles. The Bertz CT molecular complexity index is 1510. The molecule has 2 aromatic carbocycles. The zero-order valence-electron chi connectivity index (χ0n) is 22.5. The van der Waals surface area contributed by atoms with Crippen LogP contribution in [0.2, 0.25) is 0 Å². The average Bonchev–Trinajstić information content (AvgIpc) is 3.84. The third-order valence-corrected chi connectivity index (χ3v) is 8.31. The van der Waals surface area contributed by atoms with Gasteiger partial charge in [-0.05, 0) is 94.5 Å². The standard InChI is InChI=1S/C31H34N4O4/c1-3-37-24-15-16-25-26(17-24)35(23-5-4-6-23)28(27(25)30-33-29(34-39-30)21-9-10-21)20-11-13-22(14-12-20)32-31(36)38-18(2)19-7-8-19/h11-19,21,23H,3-10H2,1-2H3,(H,32,36). The van der Waals surface area contributed by atoms with Crippen molar-refractivity contribution >= 4 is 22.7 Å². The summed E-state index contributed by atoms with van der Waals surface area (Å²) in [6.45, 7) is 4.58. The van der Waals surface area contributed by atoms with Crippen LogP contribution in [0.4, 0.5) is 10.5 Å². The third-order valence-electron chi connectivity index (χ3n) is 8.31. The largest absolute Gasteiger partial charge is 0.494 e. The van der Waals surface area contributed by atoms with Crippen LogP contribution in [0.3, 0.4) is 0 Å². The van der Waals surface area contributed by atoms with Crippen molar-refractivity contribution in [2.24, 2.45) is 5.92 Å². The fourth-order valence-electron chi connectivity index (χ4n) is 5.60. The number of amides is 1. The van der Waals surface area contributed by atoms with Gasteiger partial charge in [0.2, 0.25) is 0 Å². The molecule has 8 heteroatoms. The van der Waals surface area contributed by atoms with E-state index in [2.05, 4.69) is 39.3 Å². The Morgan fingerprint density at radius 1 is 1.10 bits per heavy atom. The van der Waals surface area contributed by atoms with Gasteiger partial charge in [0, 0.05) is 29.1 Å². The maximum atomic E-state index is 12.4. The molecule has 3 fully saturated rings. The molecular weight excluding hydrogens is 492 g/mol. The number of fused-ring (bicyclic) bond motifs is 1. The fourth-order valence-corrected chi connectivity index (χ4v) is 5.60. The average molecular weight is 527 g/mol. The smallest absolute Gasteiger partial charge is 0.411 e. The van der Waals surface area contributed by atoms with Crippen LogP contribution in [0.5, 0.6) is 5.75 Å². The van der Waals surface area contributed by atoms with Crippen LogP contribution in [0.1, 0.15) is 76.6 Å². The number of rotatable bonds is 9. The predicted molar refractivity (Wildman–Crippen MR) is 149 cm³/mol. The molecule has 8 nitrogen and oxygen atoms in total. The van der Waals surface area contributed by atoms with Gasteiger partial charge >= 0.3 is 6.09 Å². The van der Waals surface area contributed by atoms with Crippen molar-refractivity contribution in [2.45, 2.75) is 76.9 Å². The first-order valence-corrected chi connectivity index (χ1v) is 14.3. The van der Waals surface area contributed by atoms with E-state index in [-0.39, 0.29) is 6.10 Å². The summed E-state index contributed by atoms with van der Waals surface area (Å²) in [5.41, 5.74) is 4.86. The Labute approximate surface area is 227 Å². The maximum Gasteiger partial charge on any atom is 0.411 e. The number of ether oxygens (including phenoxy) is 2. The van der Waals surface area contributed by atoms with Crippen LogP contribution >= 0.6 is 0 Å². The molecule has 0 saturated heterocycles. The van der Waals surface area contributed by atoms with Crippen LogP contribution in [-0.4, -0.2) is 33.5 Å². The molecule has 1 atom stereocenters. The van der Waals surface area contributed by atoms with Gasteiger partial charge in [0.1, 0.15) is 11.9 Å². The Morgan fingerprint density at radius 3 is 2.56 bits per heavy atom. The van der Waals surface area contributed by atoms with Crippen molar-refractivity contribution in [3.05, 3.63) is 48.3 Å². The molecule has 1 unspecified atom stereocenters. The molecular formula is C31H34N4O4. The molecule has 0 bridgehead atoms. The first kappa shape index (κ1) is 24.2. The van der Waals surface area contributed by atoms with Gasteiger partial charge < -0.3 is 18.6 Å². The number of nitrogens with one attached hydrogen (secondary N) is 1. The monoisotopic (exact) mass is 526 g/mol. The lowest BCUT2D eigenvalue weighted by Crippen LogP contribution is -2.21. The number of anilines is 1. The number of nitrogens with zero attached hydrogens (tertiary/aromatic N) is 3. The molecule has 1 amide bonds. The number of hydrogen-bond acceptors (Lipinski definition) is 6. The Morgan fingerprint density at radius 2 is 1.90 bits per heavy atom. The van der Waals surface area contributed by atoms with Crippen LogP contribution < -0.4 is 10.1 Å². The van der Waals surface area contributed by atoms with E-state index in [0.29, 0.717) is 36.1 Å². The number of aromatic nitrogens is 3. The van der Waals surface area contributed by atoms with E-state index in [9.17, 15) is 4.79 Å². The van der Waals surface area contributed by atoms with Crippen LogP contribution in [0.25, 0.3) is 33.6 Å². The predicted octanol–water partition coefficient (Wildman–Crippen LogP) is 7.71. The summed E-state index contributed by atoms with van der Waals surface area (Å²) in [7, 11) is 0. The van der Waals surface area contributed by atoms with Gasteiger partial charge in [0.15, 0.2) is 5.82 Å². The summed E-state index contributed by atoms with van der Waals surface area (Å²) < 4.78 is 19.8. The second kappa shape index (κ2) is 9.74. The second-order valence-corrected chi connectivity index (χ2v) is 11.2. The van der Waals surface area contributed by atoms with Crippen molar-refractivity contribution in [1.82, 2.24) is 14.7 Å². The lowest BCUT2D eigenvalue weighted by atomic mass is 9.92. The van der Waals surface area contributed by atoms with Crippen molar-refractivity contribution < 1.29 is 18.8 Å². The second-order valence-electron chi connectivity index (χ2n) is 11.2. The van der Waals surface area contributed by atoms with Gasteiger partial charge in [-0.25, -0.2) is 4.79 Å². The van der Waals surface area contributed by atoms with E-state index in [0.717, 1.165) is 77.8 Å². The lowest BCUT2D eigenvalue weighted by molar-refractivity contribution is 0.108. The zero-order valence-corrected chi connectivity index (χ0v) is 22.5. The van der Waals surface area contributed by atoms with Gasteiger partial charge in [-0.15, -0.1) is 0 Å². The molecule has 2 aromatic heterocycles. The van der Waals surface area contributed by atoms with Crippen molar-refractivity contribution in [2.75, 3.05) is 11.9 Å². The van der Waals surface area contributed by atoms with Gasteiger partial charge in [-0.2, -0.15) is 4.98 Å². The van der Waals surface area contributed by atoms with Gasteiger partial charge in [0.05, 0.1) is 23.4 Å². The minimum absolute atomic E-state index is 0.0541. The highest BCUT2D eigenvalue weighted by atomic mass is 16.6. The first-order chi connectivity index (χ1) is 19.1. The lowest BCUT2D eigenvalue weighted by Gasteiger charge is -2.30. The third kappa shape index (κ3) is 4.66. The molecule has 0 radical (unpaired) electrons. The van der Waals surface area contributed by atoms with Crippen molar-refractivity contribution in [3.8, 4) is 28.5 Å². The Balaban J connectivity index is 1.30. The van der Waals surface area contributed by atoms with E-state index in [1.807, 2.05) is 32.0 Å². The minimum Gasteiger partial charge on any atom is -0.494 e. The molecule has 39 heavy (non-hydrogen) atoms. The number of carbonyl (C=O) groups is 1. The number of hydrogen-bond donors (Lipinski definition) is 1. The highest BCUT2D eigenvalue weighted by Crippen LogP contribution is 2.48. The van der Waals surface area contributed by atoms with E-state index in [1.165, 1.54) is 6.42 Å². The normalized spacial score (nSPS) is 18.1. The van der Waals surface area contributed by atoms with E-state index in [1.54, 1.807) is 0 Å². The van der Waals surface area contributed by atoms with Crippen LogP contribution in [-0.2, 0) is 4.74 Å².